The van der Waals surface area contributed by atoms with Crippen LogP contribution < -0.4 is 24.8 Å². The van der Waals surface area contributed by atoms with Gasteiger partial charge >= 0.3 is 241 Å². The molecule has 6 atom stereocenters. The van der Waals surface area contributed by atoms with E-state index in [1.165, 1.54) is 36.8 Å². The van der Waals surface area contributed by atoms with Crippen molar-refractivity contribution in [2.75, 3.05) is 0 Å². The van der Waals surface area contributed by atoms with Crippen molar-refractivity contribution in [1.82, 2.24) is 0 Å². The molecule has 0 bridgehead atoms. The minimum atomic E-state index is -0.323. The molecule has 212 valence electrons. The standard InChI is InChI=1S/2C17H24P.2ClH.Ti/c2*1-5-13(3)18(14(4)6-2)17-11-15-9-7-8-10-16(15)12-17;;;/h2*7-14H,5-6H2,1-4H3;2*1H;/q;;;;+2/p-2. The van der Waals surface area contributed by atoms with Crippen LogP contribution in [0.4, 0.5) is 0 Å². The minimum Gasteiger partial charge on any atom is -1.00 e. The van der Waals surface area contributed by atoms with Crippen molar-refractivity contribution in [2.24, 2.45) is 0 Å². The molecule has 39 heavy (non-hydrogen) atoms. The molecule has 2 aromatic carbocycles. The summed E-state index contributed by atoms with van der Waals surface area (Å²) in [5.41, 5.74) is 9.52. The van der Waals surface area contributed by atoms with Gasteiger partial charge in [-0.1, -0.05) is 0 Å². The zero-order valence-corrected chi connectivity index (χ0v) is 30.1. The normalized spacial score (nSPS) is 21.9. The largest absolute Gasteiger partial charge is 1.00 e. The Labute approximate surface area is 263 Å². The minimum absolute atomic E-state index is 0. The third kappa shape index (κ3) is 7.36. The van der Waals surface area contributed by atoms with Gasteiger partial charge in [-0.25, -0.2) is 0 Å². The number of rotatable bonds is 12. The Morgan fingerprint density at radius 2 is 0.872 bits per heavy atom. The topological polar surface area (TPSA) is 0 Å². The Morgan fingerprint density at radius 3 is 1.18 bits per heavy atom. The van der Waals surface area contributed by atoms with Gasteiger partial charge in [0.05, 0.1) is 0 Å². The third-order valence-electron chi connectivity index (χ3n) is 9.00. The maximum Gasteiger partial charge on any atom is -1.00 e. The molecule has 0 aliphatic heterocycles. The molecule has 0 fully saturated rings. The van der Waals surface area contributed by atoms with E-state index in [1.807, 2.05) is 10.6 Å². The second-order valence-electron chi connectivity index (χ2n) is 11.3. The summed E-state index contributed by atoms with van der Waals surface area (Å²) in [5, 5.41) is 3.69. The Hall–Kier alpha value is 0.0743. The fourth-order valence-electron chi connectivity index (χ4n) is 6.25. The van der Waals surface area contributed by atoms with E-state index in [9.17, 15) is 0 Å². The SMILES string of the molecule is CCC(C)P(C1=Cc2ccccc2[CH]1[Ti+2][CH]1C(P(C(C)CC)C(C)CC)=Cc2ccccc21)C(C)CC.[Cl-].[Cl-]. The van der Waals surface area contributed by atoms with Crippen molar-refractivity contribution in [3.8, 4) is 0 Å². The van der Waals surface area contributed by atoms with E-state index in [2.05, 4.69) is 116 Å². The van der Waals surface area contributed by atoms with Crippen molar-refractivity contribution in [1.29, 1.82) is 0 Å². The molecule has 2 aliphatic rings. The first kappa shape index (κ1) is 35.3. The second-order valence-corrected chi connectivity index (χ2v) is 19.8. The molecule has 2 aromatic rings. The molecule has 0 N–H and O–H groups in total. The summed E-state index contributed by atoms with van der Waals surface area (Å²) >= 11 is -0.323. The third-order valence-corrected chi connectivity index (χ3v) is 20.0. The van der Waals surface area contributed by atoms with Gasteiger partial charge < -0.3 is 24.8 Å². The average Bonchev–Trinajstić information content (AvgIpc) is 3.46. The van der Waals surface area contributed by atoms with E-state index in [-0.39, 0.29) is 59.8 Å². The first-order valence-electron chi connectivity index (χ1n) is 14.8. The van der Waals surface area contributed by atoms with E-state index in [0.29, 0.717) is 8.45 Å². The van der Waals surface area contributed by atoms with Crippen molar-refractivity contribution >= 4 is 28.0 Å². The zero-order valence-electron chi connectivity index (χ0n) is 25.2. The van der Waals surface area contributed by atoms with Crippen LogP contribution in [0.2, 0.25) is 0 Å². The monoisotopic (exact) mass is 636 g/mol. The van der Waals surface area contributed by atoms with Crippen LogP contribution in [0.1, 0.15) is 112 Å². The van der Waals surface area contributed by atoms with Crippen LogP contribution in [0.25, 0.3) is 12.2 Å². The molecule has 2 aliphatic carbocycles. The van der Waals surface area contributed by atoms with E-state index >= 15 is 0 Å². The van der Waals surface area contributed by atoms with Gasteiger partial charge in [0.25, 0.3) is 0 Å². The molecule has 0 saturated heterocycles. The molecule has 0 amide bonds. The van der Waals surface area contributed by atoms with Gasteiger partial charge in [0, 0.05) is 0 Å². The number of hydrogen-bond donors (Lipinski definition) is 0. The summed E-state index contributed by atoms with van der Waals surface area (Å²) in [4.78, 5) is 0. The second kappa shape index (κ2) is 16.1. The van der Waals surface area contributed by atoms with Crippen LogP contribution in [0.15, 0.2) is 59.2 Å². The summed E-state index contributed by atoms with van der Waals surface area (Å²) in [6.07, 6.45) is 10.5. The van der Waals surface area contributed by atoms with Gasteiger partial charge in [-0.15, -0.1) is 0 Å². The quantitative estimate of drug-likeness (QED) is 0.215. The van der Waals surface area contributed by atoms with E-state index in [0.717, 1.165) is 22.6 Å². The first-order chi connectivity index (χ1) is 17.9. The molecule has 0 nitrogen and oxygen atoms in total. The zero-order chi connectivity index (χ0) is 26.7. The van der Waals surface area contributed by atoms with Crippen LogP contribution in [0.5, 0.6) is 0 Å². The molecule has 0 heterocycles. The molecule has 0 saturated carbocycles. The maximum absolute atomic E-state index is 2.67. The molecule has 4 rings (SSSR count). The Bertz CT molecular complexity index is 1020. The van der Waals surface area contributed by atoms with Crippen LogP contribution >= 0.6 is 15.8 Å². The van der Waals surface area contributed by atoms with Crippen molar-refractivity contribution in [3.05, 3.63) is 81.4 Å². The smallest absolute Gasteiger partial charge is 1.00 e. The maximum atomic E-state index is 2.67. The van der Waals surface area contributed by atoms with Crippen molar-refractivity contribution in [2.45, 2.75) is 112 Å². The summed E-state index contributed by atoms with van der Waals surface area (Å²) in [6.45, 7) is 19.8. The predicted molar refractivity (Wildman–Crippen MR) is 167 cm³/mol. The van der Waals surface area contributed by atoms with Gasteiger partial charge in [-0.05, 0) is 0 Å². The Morgan fingerprint density at radius 1 is 0.564 bits per heavy atom. The summed E-state index contributed by atoms with van der Waals surface area (Å²) < 4.78 is 1.35. The summed E-state index contributed by atoms with van der Waals surface area (Å²) in [5.74, 6) is 0. The predicted octanol–water partition coefficient (Wildman–Crippen LogP) is 5.43. The number of fused-ring (bicyclic) bond motifs is 2. The number of benzene rings is 2. The molecule has 6 unspecified atom stereocenters. The van der Waals surface area contributed by atoms with Crippen molar-refractivity contribution in [3.63, 3.8) is 0 Å². The average molecular weight is 637 g/mol. The summed E-state index contributed by atoms with van der Waals surface area (Å²) in [7, 11) is -0.280. The van der Waals surface area contributed by atoms with Gasteiger partial charge in [0.1, 0.15) is 0 Å². The van der Waals surface area contributed by atoms with E-state index in [1.54, 1.807) is 11.1 Å². The van der Waals surface area contributed by atoms with Gasteiger partial charge in [0.15, 0.2) is 0 Å². The Balaban J connectivity index is 0.00000267. The molecule has 0 spiro atoms. The molecular formula is C34H48Cl2P2Ti. The van der Waals surface area contributed by atoms with Crippen LogP contribution in [-0.4, -0.2) is 22.6 Å². The Kier molecular flexibility index (Phi) is 14.5. The first-order valence-corrected chi connectivity index (χ1v) is 19.6. The number of halogens is 2. The summed E-state index contributed by atoms with van der Waals surface area (Å²) in [6, 6.07) is 18.9. The van der Waals surface area contributed by atoms with Crippen LogP contribution in [0, 0.1) is 0 Å². The van der Waals surface area contributed by atoms with Gasteiger partial charge in [-0.2, -0.15) is 0 Å². The molecule has 0 aromatic heterocycles. The van der Waals surface area contributed by atoms with Gasteiger partial charge in [0.2, 0.25) is 0 Å². The molecular weight excluding hydrogens is 589 g/mol. The van der Waals surface area contributed by atoms with E-state index < -0.39 is 0 Å². The van der Waals surface area contributed by atoms with Gasteiger partial charge in [-0.3, -0.25) is 0 Å². The molecule has 0 radical (unpaired) electrons. The molecule has 5 heteroatoms. The van der Waals surface area contributed by atoms with Crippen molar-refractivity contribution < 1.29 is 44.0 Å². The van der Waals surface area contributed by atoms with Crippen LogP contribution in [-0.2, 0) is 19.2 Å². The van der Waals surface area contributed by atoms with E-state index in [4.69, 9.17) is 0 Å². The number of allylic oxidation sites excluding steroid dienone is 2. The number of hydrogen-bond acceptors (Lipinski definition) is 0. The fraction of sp³-hybridized carbons (Fsp3) is 0.529. The fourth-order valence-corrected chi connectivity index (χ4v) is 17.8. The van der Waals surface area contributed by atoms with Crippen LogP contribution in [0.3, 0.4) is 0 Å².